The summed E-state index contributed by atoms with van der Waals surface area (Å²) in [6, 6.07) is 1.80. The van der Waals surface area contributed by atoms with Crippen molar-refractivity contribution in [2.24, 2.45) is 7.05 Å². The van der Waals surface area contributed by atoms with E-state index in [1.807, 2.05) is 20.3 Å². The highest BCUT2D eigenvalue weighted by Crippen LogP contribution is 2.13. The van der Waals surface area contributed by atoms with E-state index in [2.05, 4.69) is 10.8 Å². The van der Waals surface area contributed by atoms with Crippen molar-refractivity contribution in [2.45, 2.75) is 32.6 Å². The van der Waals surface area contributed by atoms with Gasteiger partial charge in [0.1, 0.15) is 0 Å². The largest absolute Gasteiger partial charge is 0.346 e. The standard InChI is InChI=1S/C14H25N3O2/c1-12(18)14-10-13(11-17(14)3)16-19-9-7-5-4-6-8-15-2/h10-11,15-16H,4-9H2,1-3H3. The zero-order valence-electron chi connectivity index (χ0n) is 12.2. The molecule has 1 aromatic rings. The molecule has 2 N–H and O–H groups in total. The molecule has 0 atom stereocenters. The molecule has 0 aliphatic rings. The van der Waals surface area contributed by atoms with Crippen LogP contribution in [0.15, 0.2) is 12.3 Å². The number of hydrogen-bond acceptors (Lipinski definition) is 4. The van der Waals surface area contributed by atoms with E-state index in [1.54, 1.807) is 17.6 Å². The first-order chi connectivity index (χ1) is 9.15. The van der Waals surface area contributed by atoms with E-state index in [-0.39, 0.29) is 5.78 Å². The summed E-state index contributed by atoms with van der Waals surface area (Å²) in [5.74, 6) is 0.0556. The Bertz CT molecular complexity index is 388. The zero-order valence-corrected chi connectivity index (χ0v) is 12.2. The number of nitrogens with zero attached hydrogens (tertiary/aromatic N) is 1. The summed E-state index contributed by atoms with van der Waals surface area (Å²) in [5.41, 5.74) is 4.38. The average molecular weight is 267 g/mol. The Hall–Kier alpha value is -1.33. The number of Topliss-reactive ketones (excluding diaryl/α,β-unsaturated/α-hetero) is 1. The smallest absolute Gasteiger partial charge is 0.176 e. The average Bonchev–Trinajstić information content (AvgIpc) is 2.74. The van der Waals surface area contributed by atoms with Gasteiger partial charge in [-0.15, -0.1) is 0 Å². The van der Waals surface area contributed by atoms with E-state index in [1.165, 1.54) is 19.3 Å². The van der Waals surface area contributed by atoms with Gasteiger partial charge in [0.2, 0.25) is 0 Å². The molecule has 0 aromatic carbocycles. The first-order valence-electron chi connectivity index (χ1n) is 6.85. The van der Waals surface area contributed by atoms with Crippen LogP contribution in [-0.4, -0.2) is 30.5 Å². The van der Waals surface area contributed by atoms with Crippen molar-refractivity contribution >= 4 is 11.5 Å². The number of nitrogens with one attached hydrogen (secondary N) is 2. The molecule has 19 heavy (non-hydrogen) atoms. The van der Waals surface area contributed by atoms with Crippen molar-refractivity contribution in [3.05, 3.63) is 18.0 Å². The summed E-state index contributed by atoms with van der Waals surface area (Å²) in [5, 5.41) is 3.13. The van der Waals surface area contributed by atoms with Crippen molar-refractivity contribution in [2.75, 3.05) is 25.7 Å². The van der Waals surface area contributed by atoms with Crippen LogP contribution in [0.5, 0.6) is 0 Å². The second kappa shape index (κ2) is 8.72. The van der Waals surface area contributed by atoms with Gasteiger partial charge in [-0.1, -0.05) is 12.8 Å². The van der Waals surface area contributed by atoms with Gasteiger partial charge in [0.15, 0.2) is 5.78 Å². The molecule has 5 nitrogen and oxygen atoms in total. The van der Waals surface area contributed by atoms with Crippen LogP contribution in [0.4, 0.5) is 5.69 Å². The SMILES string of the molecule is CNCCCCCCONc1cc(C(C)=O)n(C)c1. The predicted octanol–water partition coefficient (Wildman–Crippen LogP) is 2.35. The van der Waals surface area contributed by atoms with Gasteiger partial charge in [-0.3, -0.25) is 15.1 Å². The second-order valence-corrected chi connectivity index (χ2v) is 4.75. The zero-order chi connectivity index (χ0) is 14.1. The molecule has 0 spiro atoms. The van der Waals surface area contributed by atoms with E-state index in [0.29, 0.717) is 12.3 Å². The normalized spacial score (nSPS) is 10.7. The van der Waals surface area contributed by atoms with Crippen LogP contribution in [0.3, 0.4) is 0 Å². The minimum atomic E-state index is 0.0556. The molecule has 0 aliphatic heterocycles. The fourth-order valence-electron chi connectivity index (χ4n) is 1.93. The van der Waals surface area contributed by atoms with Gasteiger partial charge in [0.25, 0.3) is 0 Å². The third-order valence-corrected chi connectivity index (χ3v) is 2.98. The van der Waals surface area contributed by atoms with Gasteiger partial charge < -0.3 is 9.88 Å². The summed E-state index contributed by atoms with van der Waals surface area (Å²) in [4.78, 5) is 16.7. The third kappa shape index (κ3) is 5.89. The molecular weight excluding hydrogens is 242 g/mol. The Morgan fingerprint density at radius 1 is 1.32 bits per heavy atom. The molecule has 5 heteroatoms. The quantitative estimate of drug-likeness (QED) is 0.388. The number of carbonyl (C=O) groups excluding carboxylic acids is 1. The van der Waals surface area contributed by atoms with Gasteiger partial charge in [0.05, 0.1) is 18.0 Å². The maximum Gasteiger partial charge on any atom is 0.176 e. The van der Waals surface area contributed by atoms with Crippen LogP contribution in [0.25, 0.3) is 0 Å². The fraction of sp³-hybridized carbons (Fsp3) is 0.643. The molecule has 1 heterocycles. The lowest BCUT2D eigenvalue weighted by molar-refractivity contribution is 0.101. The van der Waals surface area contributed by atoms with Crippen molar-refractivity contribution in [1.29, 1.82) is 0 Å². The first kappa shape index (κ1) is 15.7. The molecular formula is C14H25N3O2. The Balaban J connectivity index is 2.12. The van der Waals surface area contributed by atoms with Crippen molar-refractivity contribution in [3.63, 3.8) is 0 Å². The number of carbonyl (C=O) groups is 1. The molecule has 0 saturated carbocycles. The lowest BCUT2D eigenvalue weighted by Gasteiger charge is -2.04. The first-order valence-corrected chi connectivity index (χ1v) is 6.85. The number of hydrogen-bond donors (Lipinski definition) is 2. The highest BCUT2D eigenvalue weighted by Gasteiger charge is 2.06. The predicted molar refractivity (Wildman–Crippen MR) is 77.4 cm³/mol. The molecule has 0 unspecified atom stereocenters. The Kier molecular flexibility index (Phi) is 7.22. The van der Waals surface area contributed by atoms with E-state index >= 15 is 0 Å². The molecule has 0 fully saturated rings. The number of anilines is 1. The number of rotatable bonds is 10. The monoisotopic (exact) mass is 267 g/mol. The van der Waals surface area contributed by atoms with Crippen molar-refractivity contribution < 1.29 is 9.63 Å². The number of unbranched alkanes of at least 4 members (excludes halogenated alkanes) is 3. The van der Waals surface area contributed by atoms with Gasteiger partial charge in [0, 0.05) is 20.2 Å². The maximum absolute atomic E-state index is 11.3. The summed E-state index contributed by atoms with van der Waals surface area (Å²) in [6.45, 7) is 3.33. The molecule has 1 aromatic heterocycles. The maximum atomic E-state index is 11.3. The van der Waals surface area contributed by atoms with Crippen molar-refractivity contribution in [3.8, 4) is 0 Å². The Morgan fingerprint density at radius 2 is 2.05 bits per heavy atom. The second-order valence-electron chi connectivity index (χ2n) is 4.75. The topological polar surface area (TPSA) is 55.3 Å². The Labute approximate surface area is 115 Å². The number of ketones is 1. The van der Waals surface area contributed by atoms with Gasteiger partial charge >= 0.3 is 0 Å². The molecule has 0 saturated heterocycles. The third-order valence-electron chi connectivity index (χ3n) is 2.98. The number of aromatic nitrogens is 1. The lowest BCUT2D eigenvalue weighted by atomic mass is 10.2. The molecule has 0 radical (unpaired) electrons. The minimum absolute atomic E-state index is 0.0556. The minimum Gasteiger partial charge on any atom is -0.346 e. The Morgan fingerprint density at radius 3 is 2.68 bits per heavy atom. The fourth-order valence-corrected chi connectivity index (χ4v) is 1.93. The van der Waals surface area contributed by atoms with E-state index < -0.39 is 0 Å². The lowest BCUT2D eigenvalue weighted by Crippen LogP contribution is -2.07. The highest BCUT2D eigenvalue weighted by atomic mass is 16.6. The van der Waals surface area contributed by atoms with Crippen LogP contribution in [0.1, 0.15) is 43.1 Å². The van der Waals surface area contributed by atoms with Crippen molar-refractivity contribution in [1.82, 2.24) is 9.88 Å². The van der Waals surface area contributed by atoms with Gasteiger partial charge in [-0.2, -0.15) is 0 Å². The summed E-state index contributed by atoms with van der Waals surface area (Å²) in [6.07, 6.45) is 6.51. The van der Waals surface area contributed by atoms with Crippen LogP contribution in [0.2, 0.25) is 0 Å². The molecule has 1 rings (SSSR count). The number of aryl methyl sites for hydroxylation is 1. The summed E-state index contributed by atoms with van der Waals surface area (Å²) >= 11 is 0. The molecule has 0 amide bonds. The van der Waals surface area contributed by atoms with Crippen LogP contribution in [-0.2, 0) is 11.9 Å². The van der Waals surface area contributed by atoms with E-state index in [0.717, 1.165) is 18.7 Å². The van der Waals surface area contributed by atoms with Gasteiger partial charge in [-0.25, -0.2) is 0 Å². The summed E-state index contributed by atoms with van der Waals surface area (Å²) < 4.78 is 1.80. The van der Waals surface area contributed by atoms with E-state index in [4.69, 9.17) is 4.84 Å². The van der Waals surface area contributed by atoms with Crippen LogP contribution < -0.4 is 10.8 Å². The van der Waals surface area contributed by atoms with Crippen LogP contribution >= 0.6 is 0 Å². The van der Waals surface area contributed by atoms with E-state index in [9.17, 15) is 4.79 Å². The van der Waals surface area contributed by atoms with Gasteiger partial charge in [-0.05, 0) is 32.5 Å². The summed E-state index contributed by atoms with van der Waals surface area (Å²) in [7, 11) is 3.83. The molecule has 0 bridgehead atoms. The highest BCUT2D eigenvalue weighted by molar-refractivity contribution is 5.93. The molecule has 0 aliphatic carbocycles. The molecule has 108 valence electrons. The van der Waals surface area contributed by atoms with Crippen LogP contribution in [0, 0.1) is 0 Å².